The molecule has 106 valence electrons. The maximum Gasteiger partial charge on any atom is 0.243 e. The van der Waals surface area contributed by atoms with Crippen LogP contribution in [0.4, 0.5) is 0 Å². The summed E-state index contributed by atoms with van der Waals surface area (Å²) in [6, 6.07) is 3.05. The van der Waals surface area contributed by atoms with E-state index >= 15 is 0 Å². The SMILES string of the molecule is CC1(CNS(=O)(=O)c2cccnc2Cl)CCCCC1. The van der Waals surface area contributed by atoms with Crippen LogP contribution in [0.5, 0.6) is 0 Å². The average Bonchev–Trinajstić information content (AvgIpc) is 2.38. The average molecular weight is 303 g/mol. The lowest BCUT2D eigenvalue weighted by Crippen LogP contribution is -2.37. The van der Waals surface area contributed by atoms with Gasteiger partial charge < -0.3 is 0 Å². The van der Waals surface area contributed by atoms with Crippen molar-refractivity contribution in [3.05, 3.63) is 23.5 Å². The number of aromatic nitrogens is 1. The highest BCUT2D eigenvalue weighted by atomic mass is 35.5. The standard InChI is InChI=1S/C13H19ClN2O2S/c1-13(7-3-2-4-8-13)10-16-19(17,18)11-6-5-9-15-12(11)14/h5-6,9,16H,2-4,7-8,10H2,1H3. The van der Waals surface area contributed by atoms with Crippen molar-refractivity contribution in [3.63, 3.8) is 0 Å². The zero-order valence-electron chi connectivity index (χ0n) is 11.0. The third-order valence-electron chi connectivity index (χ3n) is 3.76. The molecular formula is C13H19ClN2O2S. The number of halogens is 1. The number of nitrogens with one attached hydrogen (secondary N) is 1. The summed E-state index contributed by atoms with van der Waals surface area (Å²) in [5, 5.41) is 0.0174. The minimum atomic E-state index is -3.57. The van der Waals surface area contributed by atoms with Crippen LogP contribution in [0.25, 0.3) is 0 Å². The minimum Gasteiger partial charge on any atom is -0.243 e. The van der Waals surface area contributed by atoms with E-state index in [0.717, 1.165) is 12.8 Å². The van der Waals surface area contributed by atoms with Crippen molar-refractivity contribution in [2.24, 2.45) is 5.41 Å². The Morgan fingerprint density at radius 2 is 2.05 bits per heavy atom. The molecule has 1 aromatic heterocycles. The first-order chi connectivity index (χ1) is 8.93. The van der Waals surface area contributed by atoms with Crippen LogP contribution in [0.3, 0.4) is 0 Å². The van der Waals surface area contributed by atoms with Crippen LogP contribution in [0.15, 0.2) is 23.2 Å². The summed E-state index contributed by atoms with van der Waals surface area (Å²) in [6.07, 6.45) is 7.20. The largest absolute Gasteiger partial charge is 0.243 e. The van der Waals surface area contributed by atoms with Crippen molar-refractivity contribution in [2.75, 3.05) is 6.54 Å². The van der Waals surface area contributed by atoms with Crippen LogP contribution in [0.2, 0.25) is 5.15 Å². The van der Waals surface area contributed by atoms with E-state index in [1.54, 1.807) is 6.07 Å². The van der Waals surface area contributed by atoms with Gasteiger partial charge in [-0.25, -0.2) is 18.1 Å². The molecule has 1 aromatic rings. The number of rotatable bonds is 4. The van der Waals surface area contributed by atoms with E-state index in [-0.39, 0.29) is 15.5 Å². The van der Waals surface area contributed by atoms with Gasteiger partial charge in [-0.05, 0) is 30.4 Å². The molecule has 1 N–H and O–H groups in total. The Bertz CT molecular complexity index is 539. The first-order valence-corrected chi connectivity index (χ1v) is 8.39. The Morgan fingerprint density at radius 3 is 2.68 bits per heavy atom. The van der Waals surface area contributed by atoms with E-state index in [4.69, 9.17) is 11.6 Å². The minimum absolute atomic E-state index is 0.0174. The maximum atomic E-state index is 12.2. The van der Waals surface area contributed by atoms with Crippen molar-refractivity contribution in [1.82, 2.24) is 9.71 Å². The fourth-order valence-electron chi connectivity index (χ4n) is 2.50. The number of sulfonamides is 1. The van der Waals surface area contributed by atoms with Crippen molar-refractivity contribution >= 4 is 21.6 Å². The third kappa shape index (κ3) is 3.68. The molecule has 0 aromatic carbocycles. The Hall–Kier alpha value is -0.650. The Labute approximate surface area is 119 Å². The van der Waals surface area contributed by atoms with Gasteiger partial charge in [0.1, 0.15) is 10.0 Å². The normalized spacial score (nSPS) is 19.3. The summed E-state index contributed by atoms with van der Waals surface area (Å²) in [4.78, 5) is 3.86. The lowest BCUT2D eigenvalue weighted by Gasteiger charge is -2.33. The molecule has 1 saturated carbocycles. The van der Waals surface area contributed by atoms with Gasteiger partial charge in [-0.15, -0.1) is 0 Å². The molecule has 0 aliphatic heterocycles. The highest BCUT2D eigenvalue weighted by Gasteiger charge is 2.29. The highest BCUT2D eigenvalue weighted by Crippen LogP contribution is 2.35. The summed E-state index contributed by atoms with van der Waals surface area (Å²) in [5.74, 6) is 0. The molecule has 19 heavy (non-hydrogen) atoms. The molecule has 2 rings (SSSR count). The molecule has 0 unspecified atom stereocenters. The molecule has 0 saturated heterocycles. The molecule has 1 fully saturated rings. The second-order valence-corrected chi connectivity index (χ2v) is 7.58. The molecule has 0 atom stereocenters. The second-order valence-electron chi connectivity index (χ2n) is 5.49. The molecule has 1 heterocycles. The summed E-state index contributed by atoms with van der Waals surface area (Å²) in [6.45, 7) is 2.60. The summed E-state index contributed by atoms with van der Waals surface area (Å²) in [5.41, 5.74) is 0.0556. The molecule has 1 aliphatic rings. The van der Waals surface area contributed by atoms with Crippen molar-refractivity contribution in [1.29, 1.82) is 0 Å². The van der Waals surface area contributed by atoms with E-state index in [0.29, 0.717) is 6.54 Å². The van der Waals surface area contributed by atoms with Crippen LogP contribution >= 0.6 is 11.6 Å². The van der Waals surface area contributed by atoms with E-state index < -0.39 is 10.0 Å². The number of hydrogen-bond acceptors (Lipinski definition) is 3. The summed E-state index contributed by atoms with van der Waals surface area (Å²) >= 11 is 5.83. The molecule has 0 spiro atoms. The number of pyridine rings is 1. The zero-order chi connectivity index (χ0) is 13.9. The predicted molar refractivity (Wildman–Crippen MR) is 75.6 cm³/mol. The van der Waals surface area contributed by atoms with Gasteiger partial charge in [-0.3, -0.25) is 0 Å². The predicted octanol–water partition coefficient (Wildman–Crippen LogP) is 2.98. The maximum absolute atomic E-state index is 12.2. The van der Waals surface area contributed by atoms with Gasteiger partial charge in [0, 0.05) is 12.7 Å². The third-order valence-corrected chi connectivity index (χ3v) is 5.61. The van der Waals surface area contributed by atoms with Gasteiger partial charge in [0.15, 0.2) is 0 Å². The van der Waals surface area contributed by atoms with Gasteiger partial charge in [0.05, 0.1) is 0 Å². The van der Waals surface area contributed by atoms with Gasteiger partial charge in [-0.1, -0.05) is 37.8 Å². The Morgan fingerprint density at radius 1 is 1.37 bits per heavy atom. The van der Waals surface area contributed by atoms with Gasteiger partial charge in [-0.2, -0.15) is 0 Å². The number of nitrogens with zero attached hydrogens (tertiary/aromatic N) is 1. The lowest BCUT2D eigenvalue weighted by molar-refractivity contribution is 0.219. The van der Waals surface area contributed by atoms with Gasteiger partial charge in [0.25, 0.3) is 0 Å². The second kappa shape index (κ2) is 5.77. The smallest absolute Gasteiger partial charge is 0.243 e. The monoisotopic (exact) mass is 302 g/mol. The van der Waals surface area contributed by atoms with Crippen LogP contribution < -0.4 is 4.72 Å². The lowest BCUT2D eigenvalue weighted by atomic mass is 9.76. The van der Waals surface area contributed by atoms with Crippen molar-refractivity contribution < 1.29 is 8.42 Å². The molecule has 0 bridgehead atoms. The van der Waals surface area contributed by atoms with E-state index in [9.17, 15) is 8.42 Å². The van der Waals surface area contributed by atoms with Crippen molar-refractivity contribution in [3.8, 4) is 0 Å². The van der Waals surface area contributed by atoms with E-state index in [1.807, 2.05) is 0 Å². The topological polar surface area (TPSA) is 59.1 Å². The van der Waals surface area contributed by atoms with Crippen LogP contribution in [-0.2, 0) is 10.0 Å². The van der Waals surface area contributed by atoms with E-state index in [2.05, 4.69) is 16.6 Å². The van der Waals surface area contributed by atoms with Crippen molar-refractivity contribution in [2.45, 2.75) is 43.9 Å². The molecule has 0 radical (unpaired) electrons. The van der Waals surface area contributed by atoms with Crippen LogP contribution in [0, 0.1) is 5.41 Å². The van der Waals surface area contributed by atoms with Gasteiger partial charge >= 0.3 is 0 Å². The highest BCUT2D eigenvalue weighted by molar-refractivity contribution is 7.89. The Kier molecular flexibility index (Phi) is 4.48. The first-order valence-electron chi connectivity index (χ1n) is 6.53. The molecule has 4 nitrogen and oxygen atoms in total. The van der Waals surface area contributed by atoms with Gasteiger partial charge in [0.2, 0.25) is 10.0 Å². The fourth-order valence-corrected chi connectivity index (χ4v) is 4.15. The van der Waals surface area contributed by atoms with Crippen LogP contribution in [0.1, 0.15) is 39.0 Å². The summed E-state index contributed by atoms with van der Waals surface area (Å²) in [7, 11) is -3.57. The quantitative estimate of drug-likeness (QED) is 0.870. The van der Waals surface area contributed by atoms with E-state index in [1.165, 1.54) is 31.5 Å². The van der Waals surface area contributed by atoms with Crippen LogP contribution in [-0.4, -0.2) is 19.9 Å². The molecule has 0 amide bonds. The number of hydrogen-bond donors (Lipinski definition) is 1. The fraction of sp³-hybridized carbons (Fsp3) is 0.615. The molecular weight excluding hydrogens is 284 g/mol. The first kappa shape index (κ1) is 14.8. The summed E-state index contributed by atoms with van der Waals surface area (Å²) < 4.78 is 27.1. The molecule has 1 aliphatic carbocycles. The molecule has 6 heteroatoms. The Balaban J connectivity index is 2.08. The zero-order valence-corrected chi connectivity index (χ0v) is 12.6.